The fourth-order valence-electron chi connectivity index (χ4n) is 3.62. The number of aryl methyl sites for hydroxylation is 1. The normalized spacial score (nSPS) is 15.4. The molecule has 0 bridgehead atoms. The van der Waals surface area contributed by atoms with Gasteiger partial charge in [-0.15, -0.1) is 0 Å². The number of rotatable bonds is 9. The summed E-state index contributed by atoms with van der Waals surface area (Å²) in [4.78, 5) is 44.1. The molecule has 0 amide bonds. The van der Waals surface area contributed by atoms with Crippen LogP contribution in [-0.4, -0.2) is 27.5 Å². The Labute approximate surface area is 216 Å². The van der Waals surface area contributed by atoms with Crippen molar-refractivity contribution in [1.82, 2.24) is 15.0 Å². The van der Waals surface area contributed by atoms with Crippen molar-refractivity contribution in [2.24, 2.45) is 0 Å². The van der Waals surface area contributed by atoms with Crippen LogP contribution >= 0.6 is 0 Å². The number of aromatic amines is 2. The minimum absolute atomic E-state index is 0. The number of nitrogens with two attached hydrogens (primary N) is 2. The van der Waals surface area contributed by atoms with Crippen molar-refractivity contribution in [2.45, 2.75) is 38.5 Å². The summed E-state index contributed by atoms with van der Waals surface area (Å²) in [5.41, 5.74) is 11.5. The number of nitrogens with zero attached hydrogens (tertiary/aromatic N) is 1. The van der Waals surface area contributed by atoms with Gasteiger partial charge in [-0.25, -0.2) is 4.79 Å². The van der Waals surface area contributed by atoms with Crippen molar-refractivity contribution in [1.29, 1.82) is 0 Å². The van der Waals surface area contributed by atoms with Gasteiger partial charge in [-0.05, 0) is 83.0 Å². The summed E-state index contributed by atoms with van der Waals surface area (Å²) >= 11 is 0. The van der Waals surface area contributed by atoms with E-state index in [0.717, 1.165) is 31.6 Å². The Hall–Kier alpha value is -2.32. The van der Waals surface area contributed by atoms with Gasteiger partial charge < -0.3 is 26.2 Å². The van der Waals surface area contributed by atoms with Gasteiger partial charge in [0, 0.05) is 5.56 Å². The van der Waals surface area contributed by atoms with Crippen LogP contribution in [0.4, 0.5) is 11.6 Å². The molecule has 10 heteroatoms. The predicted molar refractivity (Wildman–Crippen MR) is 132 cm³/mol. The first-order chi connectivity index (χ1) is 16.5. The van der Waals surface area contributed by atoms with E-state index in [4.69, 9.17) is 16.2 Å². The Balaban J connectivity index is 0.000000640. The number of fused-ring (bicyclic) bond motifs is 1. The second kappa shape index (κ2) is 14.9. The van der Waals surface area contributed by atoms with Crippen molar-refractivity contribution in [3.63, 3.8) is 0 Å². The zero-order chi connectivity index (χ0) is 24.3. The largest absolute Gasteiger partial charge is 2.00 e. The van der Waals surface area contributed by atoms with Gasteiger partial charge in [-0.3, -0.25) is 9.59 Å². The van der Waals surface area contributed by atoms with E-state index in [2.05, 4.69) is 15.0 Å². The SMILES string of the molecule is Nc1[nH]c(=O)c2c(N)nc(=O)[nH]c2c1CCCCCCOC(=O)C[C]1[CH][CH][CH][CH]1.[CH]1[CH][CH][CH][CH]1.[Fe+2]. The van der Waals surface area contributed by atoms with Gasteiger partial charge in [0.05, 0.1) is 18.5 Å². The topological polar surface area (TPSA) is 157 Å². The fourth-order valence-corrected chi connectivity index (χ4v) is 3.62. The Kier molecular flexibility index (Phi) is 12.3. The molecule has 2 saturated carbocycles. The minimum Gasteiger partial charge on any atom is -0.466 e. The first-order valence-corrected chi connectivity index (χ1v) is 11.2. The van der Waals surface area contributed by atoms with Crippen LogP contribution in [-0.2, 0) is 33.0 Å². The maximum Gasteiger partial charge on any atom is 2.00 e. The number of carbonyl (C=O) groups excluding carboxylic acids is 1. The van der Waals surface area contributed by atoms with E-state index in [9.17, 15) is 14.4 Å². The van der Waals surface area contributed by atoms with Crippen molar-refractivity contribution in [3.05, 3.63) is 90.1 Å². The van der Waals surface area contributed by atoms with Gasteiger partial charge in [0.15, 0.2) is 0 Å². The monoisotopic (exact) mass is 519 g/mol. The van der Waals surface area contributed by atoms with Crippen LogP contribution in [0.2, 0.25) is 0 Å². The van der Waals surface area contributed by atoms with E-state index < -0.39 is 11.2 Å². The third-order valence-electron chi connectivity index (χ3n) is 5.28. The van der Waals surface area contributed by atoms with Gasteiger partial charge in [-0.1, -0.05) is 12.8 Å². The first-order valence-electron chi connectivity index (χ1n) is 11.2. The molecule has 2 aromatic rings. The molecule has 0 saturated heterocycles. The number of anilines is 2. The maximum atomic E-state index is 12.1. The van der Waals surface area contributed by atoms with Crippen molar-refractivity contribution < 1.29 is 26.6 Å². The van der Waals surface area contributed by atoms with Gasteiger partial charge in [-0.2, -0.15) is 4.98 Å². The van der Waals surface area contributed by atoms with E-state index in [0.29, 0.717) is 30.5 Å². The average Bonchev–Trinajstić information content (AvgIpc) is 3.51. The fraction of sp³-hybridized carbons (Fsp3) is 0.280. The molecule has 10 radical (unpaired) electrons. The average molecular weight is 519 g/mol. The summed E-state index contributed by atoms with van der Waals surface area (Å²) in [7, 11) is 0. The quantitative estimate of drug-likeness (QED) is 0.225. The van der Waals surface area contributed by atoms with Crippen molar-refractivity contribution in [3.8, 4) is 0 Å². The smallest absolute Gasteiger partial charge is 0.466 e. The number of unbranched alkanes of at least 4 members (excludes halogenated alkanes) is 3. The minimum atomic E-state index is -0.621. The molecule has 0 spiro atoms. The molecule has 0 aromatic carbocycles. The number of aromatic nitrogens is 3. The van der Waals surface area contributed by atoms with Crippen LogP contribution in [0.15, 0.2) is 9.59 Å². The zero-order valence-electron chi connectivity index (χ0n) is 19.2. The number of hydrogen-bond donors (Lipinski definition) is 4. The third kappa shape index (κ3) is 9.00. The summed E-state index contributed by atoms with van der Waals surface area (Å²) in [5, 5.41) is 0.144. The first kappa shape index (κ1) is 28.9. The van der Waals surface area contributed by atoms with Gasteiger partial charge >= 0.3 is 28.7 Å². The molecule has 2 aliphatic carbocycles. The number of hydrogen-bond acceptors (Lipinski definition) is 7. The maximum absolute atomic E-state index is 12.1. The van der Waals surface area contributed by atoms with Crippen molar-refractivity contribution >= 4 is 28.5 Å². The number of H-pyrrole nitrogens is 2. The van der Waals surface area contributed by atoms with Crippen LogP contribution in [0.25, 0.3) is 10.9 Å². The van der Waals surface area contributed by atoms with Gasteiger partial charge in [0.25, 0.3) is 5.56 Å². The van der Waals surface area contributed by atoms with Gasteiger partial charge in [0.1, 0.15) is 17.0 Å². The van der Waals surface area contributed by atoms with Crippen LogP contribution in [0.3, 0.4) is 0 Å². The molecule has 184 valence electrons. The van der Waals surface area contributed by atoms with Crippen LogP contribution in [0.1, 0.15) is 37.7 Å². The predicted octanol–water partition coefficient (Wildman–Crippen LogP) is 2.24. The van der Waals surface area contributed by atoms with Crippen LogP contribution in [0, 0.1) is 63.7 Å². The molecule has 2 aliphatic rings. The third-order valence-corrected chi connectivity index (χ3v) is 5.28. The summed E-state index contributed by atoms with van der Waals surface area (Å²) in [6.45, 7) is 0.388. The molecular weight excluding hydrogens is 490 g/mol. The van der Waals surface area contributed by atoms with E-state index >= 15 is 0 Å². The number of esters is 1. The van der Waals surface area contributed by atoms with E-state index in [-0.39, 0.29) is 40.1 Å². The Morgan fingerprint density at radius 3 is 2.17 bits per heavy atom. The molecule has 0 atom stereocenters. The second-order valence-corrected chi connectivity index (χ2v) is 7.84. The summed E-state index contributed by atoms with van der Waals surface area (Å²) in [6, 6.07) is 0. The standard InChI is InChI=1S/C20H24N5O4.C5H5.Fe/c21-17-13(16-15(19(27)24-17)18(22)25-20(28)23-16)9-3-1-2-6-10-29-14(26)11-12-7-4-5-8-12;1-2-4-5-3-1;/h4-5,7-8H,1-3,6,9-11H2,(H3,21,24,27)(H3,22,23,25,28);1-5H;/q;;+2. The number of carbonyl (C=O) groups is 1. The molecule has 2 heterocycles. The molecule has 2 fully saturated rings. The number of nitrogens with one attached hydrogen (secondary N) is 2. The summed E-state index contributed by atoms with van der Waals surface area (Å²) < 4.78 is 5.24. The Morgan fingerprint density at radius 1 is 0.886 bits per heavy atom. The zero-order valence-corrected chi connectivity index (χ0v) is 20.3. The Morgan fingerprint density at radius 2 is 1.51 bits per heavy atom. The van der Waals surface area contributed by atoms with E-state index in [1.54, 1.807) is 0 Å². The molecule has 9 nitrogen and oxygen atoms in total. The number of ether oxygens (including phenoxy) is 1. The Bertz CT molecular complexity index is 1050. The van der Waals surface area contributed by atoms with Crippen molar-refractivity contribution in [2.75, 3.05) is 18.1 Å². The molecular formula is C25H29FeN5O4+2. The molecule has 4 rings (SSSR count). The summed E-state index contributed by atoms with van der Waals surface area (Å²) in [5.74, 6) is 0.827. The molecule has 0 unspecified atom stereocenters. The number of pyridine rings is 1. The van der Waals surface area contributed by atoms with Crippen LogP contribution < -0.4 is 22.7 Å². The molecule has 35 heavy (non-hydrogen) atoms. The molecule has 6 N–H and O–H groups in total. The molecule has 0 aliphatic heterocycles. The van der Waals surface area contributed by atoms with Crippen LogP contribution in [0.5, 0.6) is 0 Å². The van der Waals surface area contributed by atoms with Gasteiger partial charge in [0.2, 0.25) is 0 Å². The number of nitrogen functional groups attached to an aromatic ring is 2. The van der Waals surface area contributed by atoms with E-state index in [1.165, 1.54) is 0 Å². The second-order valence-electron chi connectivity index (χ2n) is 7.84. The summed E-state index contributed by atoms with van der Waals surface area (Å²) in [6.07, 6.45) is 21.7. The van der Waals surface area contributed by atoms with E-state index in [1.807, 2.05) is 57.8 Å². The molecule has 2 aromatic heterocycles.